The summed E-state index contributed by atoms with van der Waals surface area (Å²) in [5.74, 6) is 0.430. The van der Waals surface area contributed by atoms with Gasteiger partial charge in [-0.25, -0.2) is 4.98 Å². The third-order valence-electron chi connectivity index (χ3n) is 5.99. The molecule has 0 spiro atoms. The molecule has 0 radical (unpaired) electrons. The molecule has 1 heterocycles. The summed E-state index contributed by atoms with van der Waals surface area (Å²) in [6.07, 6.45) is 0.163. The van der Waals surface area contributed by atoms with Gasteiger partial charge in [0, 0.05) is 34.5 Å². The van der Waals surface area contributed by atoms with E-state index in [0.717, 1.165) is 16.6 Å². The molecule has 0 atom stereocenters. The number of aromatic amines is 1. The first-order valence-electron chi connectivity index (χ1n) is 11.4. The van der Waals surface area contributed by atoms with Gasteiger partial charge in [0.15, 0.2) is 5.78 Å². The largest absolute Gasteiger partial charge is 0.399 e. The number of hydrogen-bond acceptors (Lipinski definition) is 4. The number of nitrogens with one attached hydrogen (secondary N) is 2. The Kier molecular flexibility index (Phi) is 6.27. The van der Waals surface area contributed by atoms with E-state index in [1.54, 1.807) is 36.4 Å². The second kappa shape index (κ2) is 9.68. The molecule has 4 aromatic carbocycles. The highest BCUT2D eigenvalue weighted by molar-refractivity contribution is 6.36. The van der Waals surface area contributed by atoms with Crippen LogP contribution in [0.3, 0.4) is 0 Å². The first-order chi connectivity index (χ1) is 17.4. The van der Waals surface area contributed by atoms with E-state index >= 15 is 0 Å². The molecule has 5 aromatic rings. The Morgan fingerprint density at radius 1 is 0.889 bits per heavy atom. The third kappa shape index (κ3) is 4.85. The zero-order valence-electron chi connectivity index (χ0n) is 19.5. The number of hydrogen-bond donors (Lipinski definition) is 3. The normalized spacial score (nSPS) is 10.9. The molecule has 7 heteroatoms. The number of fused-ring (bicyclic) bond motifs is 1. The SMILES string of the molecule is Cc1ccc(C(=O)Nc2ccc(-c3nc4c(Cl)c(CC(=O)c5ccc(N)cc5)ccc4[nH]3)cc2)cc1. The molecule has 0 saturated heterocycles. The van der Waals surface area contributed by atoms with Crippen LogP contribution >= 0.6 is 11.6 Å². The number of aryl methyl sites for hydroxylation is 1. The van der Waals surface area contributed by atoms with Crippen LogP contribution in [0.4, 0.5) is 11.4 Å². The van der Waals surface area contributed by atoms with Crippen LogP contribution < -0.4 is 11.1 Å². The first kappa shape index (κ1) is 23.3. The van der Waals surface area contributed by atoms with E-state index in [4.69, 9.17) is 17.3 Å². The van der Waals surface area contributed by atoms with Crippen LogP contribution in [0.5, 0.6) is 0 Å². The number of imidazole rings is 1. The Morgan fingerprint density at radius 3 is 2.25 bits per heavy atom. The van der Waals surface area contributed by atoms with E-state index in [9.17, 15) is 9.59 Å². The summed E-state index contributed by atoms with van der Waals surface area (Å²) in [7, 11) is 0. The van der Waals surface area contributed by atoms with Gasteiger partial charge >= 0.3 is 0 Å². The average Bonchev–Trinajstić information content (AvgIpc) is 3.32. The molecule has 0 saturated carbocycles. The van der Waals surface area contributed by atoms with Gasteiger partial charge in [0.25, 0.3) is 5.91 Å². The summed E-state index contributed by atoms with van der Waals surface area (Å²) in [5.41, 5.74) is 12.2. The van der Waals surface area contributed by atoms with Crippen LogP contribution in [0.2, 0.25) is 5.02 Å². The summed E-state index contributed by atoms with van der Waals surface area (Å²) in [6, 6.07) is 25.4. The fourth-order valence-corrected chi connectivity index (χ4v) is 4.19. The van der Waals surface area contributed by atoms with Crippen LogP contribution in [0.15, 0.2) is 84.9 Å². The molecular weight excluding hydrogens is 472 g/mol. The molecule has 1 amide bonds. The molecule has 0 unspecified atom stereocenters. The molecule has 0 aliphatic heterocycles. The van der Waals surface area contributed by atoms with Crippen molar-refractivity contribution in [1.82, 2.24) is 9.97 Å². The highest BCUT2D eigenvalue weighted by Gasteiger charge is 2.15. The summed E-state index contributed by atoms with van der Waals surface area (Å²) < 4.78 is 0. The first-order valence-corrected chi connectivity index (χ1v) is 11.8. The number of carbonyl (C=O) groups is 2. The maximum absolute atomic E-state index is 12.7. The number of nitrogen functional groups attached to an aromatic ring is 1. The minimum absolute atomic E-state index is 0.0460. The highest BCUT2D eigenvalue weighted by atomic mass is 35.5. The number of carbonyl (C=O) groups excluding carboxylic acids is 2. The van der Waals surface area contributed by atoms with E-state index < -0.39 is 0 Å². The van der Waals surface area contributed by atoms with Crippen LogP contribution in [0, 0.1) is 6.92 Å². The lowest BCUT2D eigenvalue weighted by molar-refractivity contribution is 0.0991. The zero-order valence-corrected chi connectivity index (χ0v) is 20.3. The monoisotopic (exact) mass is 494 g/mol. The highest BCUT2D eigenvalue weighted by Crippen LogP contribution is 2.30. The van der Waals surface area contributed by atoms with Crippen molar-refractivity contribution in [2.24, 2.45) is 0 Å². The van der Waals surface area contributed by atoms with Gasteiger partial charge in [-0.05, 0) is 79.2 Å². The maximum Gasteiger partial charge on any atom is 0.255 e. The molecular formula is C29H23ClN4O2. The van der Waals surface area contributed by atoms with E-state index in [-0.39, 0.29) is 18.1 Å². The van der Waals surface area contributed by atoms with Crippen molar-refractivity contribution >= 4 is 45.7 Å². The molecule has 5 rings (SSSR count). The second-order valence-electron chi connectivity index (χ2n) is 8.64. The molecule has 0 fully saturated rings. The number of benzene rings is 4. The lowest BCUT2D eigenvalue weighted by Crippen LogP contribution is -2.11. The summed E-state index contributed by atoms with van der Waals surface area (Å²) >= 11 is 6.65. The minimum atomic E-state index is -0.167. The Bertz CT molecular complexity index is 1570. The fraction of sp³-hybridized carbons (Fsp3) is 0.0690. The van der Waals surface area contributed by atoms with Crippen LogP contribution in [-0.2, 0) is 6.42 Å². The summed E-state index contributed by atoms with van der Waals surface area (Å²) in [6.45, 7) is 1.98. The zero-order chi connectivity index (χ0) is 25.2. The standard InChI is InChI=1S/C29H23ClN4O2/c1-17-2-4-20(5-3-17)29(36)32-23-13-8-19(9-14-23)28-33-24-15-10-21(26(30)27(24)34-28)16-25(35)18-6-11-22(31)12-7-18/h2-15H,16,31H2,1H3,(H,32,36)(H,33,34). The number of H-pyrrole nitrogens is 1. The number of ketones is 1. The molecule has 1 aromatic heterocycles. The van der Waals surface area contributed by atoms with Crippen LogP contribution in [0.1, 0.15) is 31.8 Å². The fourth-order valence-electron chi connectivity index (χ4n) is 3.92. The predicted octanol–water partition coefficient (Wildman–Crippen LogP) is 6.45. The topological polar surface area (TPSA) is 101 Å². The van der Waals surface area contributed by atoms with Gasteiger partial charge in [0.05, 0.1) is 10.5 Å². The van der Waals surface area contributed by atoms with Crippen molar-refractivity contribution in [2.45, 2.75) is 13.3 Å². The smallest absolute Gasteiger partial charge is 0.255 e. The molecule has 6 nitrogen and oxygen atoms in total. The number of amides is 1. The van der Waals surface area contributed by atoms with Crippen molar-refractivity contribution in [2.75, 3.05) is 11.1 Å². The summed E-state index contributed by atoms with van der Waals surface area (Å²) in [5, 5.41) is 3.35. The number of Topliss-reactive ketones (excluding diaryl/α,β-unsaturated/α-hetero) is 1. The van der Waals surface area contributed by atoms with Gasteiger partial charge in [-0.1, -0.05) is 35.4 Å². The lowest BCUT2D eigenvalue weighted by Gasteiger charge is -2.06. The minimum Gasteiger partial charge on any atom is -0.399 e. The van der Waals surface area contributed by atoms with Gasteiger partial charge in [-0.15, -0.1) is 0 Å². The van der Waals surface area contributed by atoms with Crippen molar-refractivity contribution in [3.63, 3.8) is 0 Å². The van der Waals surface area contributed by atoms with Crippen LogP contribution in [0.25, 0.3) is 22.4 Å². The van der Waals surface area contributed by atoms with Crippen molar-refractivity contribution in [1.29, 1.82) is 0 Å². The Hall–Kier alpha value is -4.42. The lowest BCUT2D eigenvalue weighted by atomic mass is 10.0. The van der Waals surface area contributed by atoms with Gasteiger partial charge < -0.3 is 16.0 Å². The quantitative estimate of drug-likeness (QED) is 0.186. The molecule has 36 heavy (non-hydrogen) atoms. The molecule has 4 N–H and O–H groups in total. The molecule has 0 aliphatic carbocycles. The number of halogens is 1. The maximum atomic E-state index is 12.7. The van der Waals surface area contributed by atoms with Gasteiger partial charge in [-0.2, -0.15) is 0 Å². The average molecular weight is 495 g/mol. The predicted molar refractivity (Wildman–Crippen MR) is 145 cm³/mol. The van der Waals surface area contributed by atoms with Crippen LogP contribution in [-0.4, -0.2) is 21.7 Å². The Labute approximate surface area is 213 Å². The molecule has 178 valence electrons. The molecule has 0 bridgehead atoms. The van der Waals surface area contributed by atoms with Gasteiger partial charge in [0.1, 0.15) is 11.3 Å². The van der Waals surface area contributed by atoms with E-state index in [1.165, 1.54) is 0 Å². The number of rotatable bonds is 6. The Morgan fingerprint density at radius 2 is 1.56 bits per heavy atom. The number of nitrogens with two attached hydrogens (primary N) is 1. The van der Waals surface area contributed by atoms with Gasteiger partial charge in [0.2, 0.25) is 0 Å². The van der Waals surface area contributed by atoms with E-state index in [0.29, 0.717) is 44.4 Å². The number of aromatic nitrogens is 2. The van der Waals surface area contributed by atoms with Crippen molar-refractivity contribution in [3.05, 3.63) is 112 Å². The second-order valence-corrected chi connectivity index (χ2v) is 9.02. The van der Waals surface area contributed by atoms with Crippen molar-refractivity contribution < 1.29 is 9.59 Å². The van der Waals surface area contributed by atoms with E-state index in [2.05, 4.69) is 15.3 Å². The molecule has 0 aliphatic rings. The number of nitrogens with zero attached hydrogens (tertiary/aromatic N) is 1. The van der Waals surface area contributed by atoms with Gasteiger partial charge in [-0.3, -0.25) is 9.59 Å². The van der Waals surface area contributed by atoms with Crippen molar-refractivity contribution in [3.8, 4) is 11.4 Å². The Balaban J connectivity index is 1.33. The number of anilines is 2. The third-order valence-corrected chi connectivity index (χ3v) is 6.41. The summed E-state index contributed by atoms with van der Waals surface area (Å²) in [4.78, 5) is 33.1. The van der Waals surface area contributed by atoms with E-state index in [1.807, 2.05) is 55.5 Å².